The molecule has 0 atom stereocenters. The lowest BCUT2D eigenvalue weighted by atomic mass is 10.0. The largest absolute Gasteiger partial charge is 1.00 e. The van der Waals surface area contributed by atoms with E-state index < -0.39 is 10.0 Å². The van der Waals surface area contributed by atoms with Crippen molar-refractivity contribution in [2.75, 3.05) is 26.2 Å². The average molecular weight is 610 g/mol. The van der Waals surface area contributed by atoms with E-state index in [1.807, 2.05) is 60.4 Å². The molecule has 34 heavy (non-hydrogen) atoms. The van der Waals surface area contributed by atoms with E-state index in [2.05, 4.69) is 0 Å². The van der Waals surface area contributed by atoms with E-state index in [0.29, 0.717) is 23.7 Å². The summed E-state index contributed by atoms with van der Waals surface area (Å²) in [7, 11) is -1.60. The van der Waals surface area contributed by atoms with Crippen molar-refractivity contribution in [3.05, 3.63) is 94.6 Å². The first kappa shape index (κ1) is 26.3. The summed E-state index contributed by atoms with van der Waals surface area (Å²) in [6, 6.07) is 18.5. The number of carbonyl (C=O) groups excluding carboxylic acids is 1. The molecule has 1 aromatic heterocycles. The van der Waals surface area contributed by atoms with Crippen LogP contribution in [0.3, 0.4) is 0 Å². The third-order valence-electron chi connectivity index (χ3n) is 5.63. The second-order valence-corrected chi connectivity index (χ2v) is 10.2. The van der Waals surface area contributed by atoms with Gasteiger partial charge in [0, 0.05) is 54.3 Å². The second-order valence-electron chi connectivity index (χ2n) is 7.92. The Bertz CT molecular complexity index is 1250. The number of pyridine rings is 1. The van der Waals surface area contributed by atoms with Crippen LogP contribution >= 0.6 is 11.6 Å². The van der Waals surface area contributed by atoms with Gasteiger partial charge in [0.25, 0.3) is 5.91 Å². The van der Waals surface area contributed by atoms with Gasteiger partial charge in [0.05, 0.1) is 0 Å². The number of benzene rings is 2. The summed E-state index contributed by atoms with van der Waals surface area (Å²) in [5.41, 5.74) is 3.47. The average Bonchev–Trinajstić information content (AvgIpc) is 2.84. The second kappa shape index (κ2) is 11.4. The number of amides is 1. The number of piperazine rings is 1. The third-order valence-corrected chi connectivity index (χ3v) is 7.45. The highest BCUT2D eigenvalue weighted by atomic mass is 127. The van der Waals surface area contributed by atoms with E-state index in [4.69, 9.17) is 11.6 Å². The van der Waals surface area contributed by atoms with Crippen LogP contribution in [0.4, 0.5) is 0 Å². The highest BCUT2D eigenvalue weighted by Gasteiger charge is 2.27. The molecule has 0 spiro atoms. The van der Waals surface area contributed by atoms with Crippen LogP contribution in [-0.2, 0) is 17.1 Å². The molecule has 0 unspecified atom stereocenters. The Labute approximate surface area is 222 Å². The fourth-order valence-corrected chi connectivity index (χ4v) is 4.95. The monoisotopic (exact) mass is 609 g/mol. The minimum atomic E-state index is -3.56. The molecular formula is C25H25ClIN3O3S. The molecule has 6 nitrogen and oxygen atoms in total. The number of hydrogen-bond donors (Lipinski definition) is 0. The number of sulfonamides is 1. The Morgan fingerprint density at radius 2 is 1.44 bits per heavy atom. The van der Waals surface area contributed by atoms with Gasteiger partial charge in [-0.1, -0.05) is 35.9 Å². The lowest BCUT2D eigenvalue weighted by molar-refractivity contribution is -0.671. The Kier molecular flexibility index (Phi) is 8.86. The number of aromatic nitrogens is 1. The summed E-state index contributed by atoms with van der Waals surface area (Å²) in [6.45, 7) is 1.23. The molecule has 0 bridgehead atoms. The number of carbonyl (C=O) groups is 1. The van der Waals surface area contributed by atoms with E-state index in [-0.39, 0.29) is 43.0 Å². The summed E-state index contributed by atoms with van der Waals surface area (Å²) >= 11 is 5.86. The van der Waals surface area contributed by atoms with E-state index in [9.17, 15) is 13.2 Å². The Balaban J connectivity index is 0.00000324. The van der Waals surface area contributed by atoms with Crippen molar-refractivity contribution in [1.82, 2.24) is 9.21 Å². The maximum absolute atomic E-state index is 12.9. The van der Waals surface area contributed by atoms with Crippen molar-refractivity contribution in [2.24, 2.45) is 7.05 Å². The predicted molar refractivity (Wildman–Crippen MR) is 130 cm³/mol. The molecule has 2 heterocycles. The Morgan fingerprint density at radius 3 is 2.03 bits per heavy atom. The molecule has 178 valence electrons. The number of halogens is 2. The fourth-order valence-electron chi connectivity index (χ4n) is 3.65. The summed E-state index contributed by atoms with van der Waals surface area (Å²) in [5, 5.41) is 1.80. The quantitative estimate of drug-likeness (QED) is 0.315. The van der Waals surface area contributed by atoms with Crippen LogP contribution in [-0.4, -0.2) is 49.7 Å². The maximum Gasteiger partial charge on any atom is 0.253 e. The third kappa shape index (κ3) is 6.44. The van der Waals surface area contributed by atoms with Gasteiger partial charge in [-0.3, -0.25) is 4.79 Å². The first-order chi connectivity index (χ1) is 15.8. The van der Waals surface area contributed by atoms with Crippen LogP contribution in [0.25, 0.3) is 17.2 Å². The van der Waals surface area contributed by atoms with Gasteiger partial charge in [0.1, 0.15) is 7.05 Å². The fraction of sp³-hybridized carbons (Fsp3) is 0.200. The van der Waals surface area contributed by atoms with Crippen LogP contribution in [0.1, 0.15) is 15.9 Å². The van der Waals surface area contributed by atoms with Crippen LogP contribution in [0, 0.1) is 0 Å². The van der Waals surface area contributed by atoms with Crippen LogP contribution < -0.4 is 28.5 Å². The molecule has 4 rings (SSSR count). The molecule has 3 aromatic rings. The predicted octanol–water partition coefficient (Wildman–Crippen LogP) is 0.594. The zero-order valence-corrected chi connectivity index (χ0v) is 22.4. The van der Waals surface area contributed by atoms with Crippen LogP contribution in [0.2, 0.25) is 5.02 Å². The molecule has 0 radical (unpaired) electrons. The Hall–Kier alpha value is -2.27. The van der Waals surface area contributed by atoms with Gasteiger partial charge in [-0.05, 0) is 47.0 Å². The zero-order valence-electron chi connectivity index (χ0n) is 18.6. The Morgan fingerprint density at radius 1 is 0.882 bits per heavy atom. The van der Waals surface area contributed by atoms with E-state index in [1.54, 1.807) is 35.2 Å². The normalized spacial score (nSPS) is 14.7. The number of hydrogen-bond acceptors (Lipinski definition) is 3. The summed E-state index contributed by atoms with van der Waals surface area (Å²) in [4.78, 5) is 14.6. The van der Waals surface area contributed by atoms with Crippen molar-refractivity contribution in [2.45, 2.75) is 0 Å². The maximum atomic E-state index is 12.9. The molecule has 1 fully saturated rings. The van der Waals surface area contributed by atoms with Crippen molar-refractivity contribution in [3.63, 3.8) is 0 Å². The van der Waals surface area contributed by atoms with Crippen molar-refractivity contribution < 1.29 is 41.8 Å². The first-order valence-corrected chi connectivity index (χ1v) is 12.5. The molecule has 0 N–H and O–H groups in total. The van der Waals surface area contributed by atoms with E-state index in [0.717, 1.165) is 16.7 Å². The standard InChI is InChI=1S/C25H25ClN3O3S.HI/c1-27-13-10-22(11-14-27)21-4-6-23(7-5-21)25(30)28-15-17-29(18-16-28)33(31,32)19-12-20-2-8-24(26)9-3-20;/h2-14,19H,15-18H2,1H3;1H/q+1;/p-1/b19-12+;. The first-order valence-electron chi connectivity index (χ1n) is 10.6. The minimum Gasteiger partial charge on any atom is -1.00 e. The molecular weight excluding hydrogens is 585 g/mol. The topological polar surface area (TPSA) is 61.6 Å². The zero-order chi connectivity index (χ0) is 23.4. The van der Waals surface area contributed by atoms with Gasteiger partial charge in [-0.15, -0.1) is 0 Å². The van der Waals surface area contributed by atoms with Gasteiger partial charge >= 0.3 is 0 Å². The number of nitrogens with zero attached hydrogens (tertiary/aromatic N) is 3. The van der Waals surface area contributed by atoms with Gasteiger partial charge in [-0.25, -0.2) is 13.0 Å². The van der Waals surface area contributed by atoms with Crippen molar-refractivity contribution in [1.29, 1.82) is 0 Å². The van der Waals surface area contributed by atoms with Gasteiger partial charge in [-0.2, -0.15) is 4.31 Å². The number of aryl methyl sites for hydroxylation is 1. The molecule has 9 heteroatoms. The van der Waals surface area contributed by atoms with Gasteiger partial charge in [0.2, 0.25) is 10.0 Å². The van der Waals surface area contributed by atoms with Crippen molar-refractivity contribution in [3.8, 4) is 11.1 Å². The molecule has 1 saturated heterocycles. The van der Waals surface area contributed by atoms with E-state index >= 15 is 0 Å². The molecule has 2 aromatic carbocycles. The van der Waals surface area contributed by atoms with Gasteiger partial charge < -0.3 is 28.9 Å². The SMILES string of the molecule is C[n+]1ccc(-c2ccc(C(=O)N3CCN(S(=O)(=O)/C=C/c4ccc(Cl)cc4)CC3)cc2)cc1.[I-]. The lowest BCUT2D eigenvalue weighted by Gasteiger charge is -2.33. The van der Waals surface area contributed by atoms with E-state index in [1.165, 1.54) is 9.71 Å². The molecule has 1 aliphatic heterocycles. The van der Waals surface area contributed by atoms with Gasteiger partial charge in [0.15, 0.2) is 12.4 Å². The lowest BCUT2D eigenvalue weighted by Crippen LogP contribution is -3.00. The molecule has 0 aliphatic carbocycles. The summed E-state index contributed by atoms with van der Waals surface area (Å²) in [6.07, 6.45) is 5.51. The highest BCUT2D eigenvalue weighted by molar-refractivity contribution is 7.92. The summed E-state index contributed by atoms with van der Waals surface area (Å²) in [5.74, 6) is -0.0882. The smallest absolute Gasteiger partial charge is 0.253 e. The summed E-state index contributed by atoms with van der Waals surface area (Å²) < 4.78 is 28.7. The van der Waals surface area contributed by atoms with Crippen LogP contribution in [0.5, 0.6) is 0 Å². The molecule has 1 aliphatic rings. The molecule has 1 amide bonds. The number of rotatable bonds is 5. The van der Waals surface area contributed by atoms with Crippen molar-refractivity contribution >= 4 is 33.6 Å². The highest BCUT2D eigenvalue weighted by Crippen LogP contribution is 2.20. The molecule has 0 saturated carbocycles. The minimum absolute atomic E-state index is 0. The van der Waals surface area contributed by atoms with Crippen LogP contribution in [0.15, 0.2) is 78.5 Å².